The molecule has 0 aromatic heterocycles. The van der Waals surface area contributed by atoms with Gasteiger partial charge in [-0.15, -0.1) is 0 Å². The largest absolute Gasteiger partial charge is 0.493 e. The summed E-state index contributed by atoms with van der Waals surface area (Å²) < 4.78 is 33.6. The van der Waals surface area contributed by atoms with E-state index in [1.165, 1.54) is 0 Å². The van der Waals surface area contributed by atoms with Crippen molar-refractivity contribution in [3.8, 4) is 5.75 Å². The van der Waals surface area contributed by atoms with Crippen molar-refractivity contribution in [2.75, 3.05) is 26.2 Å². The molecule has 0 radical (unpaired) electrons. The lowest BCUT2D eigenvalue weighted by Crippen LogP contribution is -2.47. The molecule has 1 aromatic carbocycles. The fourth-order valence-electron chi connectivity index (χ4n) is 3.53. The average molecular weight is 379 g/mol. The van der Waals surface area contributed by atoms with E-state index >= 15 is 0 Å². The van der Waals surface area contributed by atoms with Crippen LogP contribution in [0, 0.1) is 0 Å². The Morgan fingerprint density at radius 2 is 1.92 bits per heavy atom. The molecule has 7 nitrogen and oxygen atoms in total. The number of sulfonamides is 1. The number of piperidine rings is 1. The Morgan fingerprint density at radius 1 is 1.15 bits per heavy atom. The maximum atomic E-state index is 12.7. The number of nitrogens with zero attached hydrogens (tertiary/aromatic N) is 1. The Morgan fingerprint density at radius 3 is 2.65 bits per heavy atom. The molecule has 2 aliphatic heterocycles. The lowest BCUT2D eigenvalue weighted by Gasteiger charge is -2.31. The minimum atomic E-state index is -3.53. The summed E-state index contributed by atoms with van der Waals surface area (Å²) in [5.74, 6) is 0.855. The van der Waals surface area contributed by atoms with E-state index in [1.807, 2.05) is 0 Å². The topological polar surface area (TPSA) is 87.7 Å². The predicted molar refractivity (Wildman–Crippen MR) is 96.6 cm³/mol. The van der Waals surface area contributed by atoms with Gasteiger partial charge in [-0.3, -0.25) is 9.69 Å². The second-order valence-electron chi connectivity index (χ2n) is 7.38. The maximum Gasteiger partial charge on any atom is 0.240 e. The molecule has 8 heteroatoms. The molecule has 1 amide bonds. The fourth-order valence-corrected chi connectivity index (χ4v) is 4.89. The second kappa shape index (κ2) is 7.17. The van der Waals surface area contributed by atoms with Crippen LogP contribution < -0.4 is 14.8 Å². The first-order valence-corrected chi connectivity index (χ1v) is 10.8. The normalized spacial score (nSPS) is 21.2. The molecule has 0 spiro atoms. The number of rotatable bonds is 6. The van der Waals surface area contributed by atoms with Gasteiger partial charge in [0.15, 0.2) is 0 Å². The van der Waals surface area contributed by atoms with Crippen molar-refractivity contribution in [1.29, 1.82) is 0 Å². The molecule has 1 saturated heterocycles. The van der Waals surface area contributed by atoms with Crippen LogP contribution in [0.1, 0.15) is 31.2 Å². The maximum absolute atomic E-state index is 12.7. The SMILES string of the molecule is O=C(CN1CCC(NS(=O)(=O)c2ccc3c(c2)CCO3)CC1)NC1CC1. The van der Waals surface area contributed by atoms with Gasteiger partial charge in [-0.2, -0.15) is 0 Å². The van der Waals surface area contributed by atoms with Gasteiger partial charge in [0.25, 0.3) is 0 Å². The summed E-state index contributed by atoms with van der Waals surface area (Å²) in [4.78, 5) is 14.3. The first kappa shape index (κ1) is 17.8. The third-order valence-corrected chi connectivity index (χ3v) is 6.71. The van der Waals surface area contributed by atoms with E-state index in [1.54, 1.807) is 18.2 Å². The van der Waals surface area contributed by atoms with Crippen LogP contribution in [0.4, 0.5) is 0 Å². The third-order valence-electron chi connectivity index (χ3n) is 5.19. The summed E-state index contributed by atoms with van der Waals surface area (Å²) in [7, 11) is -3.53. The summed E-state index contributed by atoms with van der Waals surface area (Å²) in [6, 6.07) is 5.33. The number of likely N-dealkylation sites (tertiary alicyclic amines) is 1. The Kier molecular flexibility index (Phi) is 4.90. The first-order valence-electron chi connectivity index (χ1n) is 9.29. The lowest BCUT2D eigenvalue weighted by molar-refractivity contribution is -0.122. The van der Waals surface area contributed by atoms with Crippen molar-refractivity contribution in [1.82, 2.24) is 14.9 Å². The highest BCUT2D eigenvalue weighted by molar-refractivity contribution is 7.89. The van der Waals surface area contributed by atoms with E-state index in [-0.39, 0.29) is 11.9 Å². The zero-order chi connectivity index (χ0) is 18.1. The minimum absolute atomic E-state index is 0.0758. The number of benzene rings is 1. The molecule has 2 heterocycles. The first-order chi connectivity index (χ1) is 12.5. The van der Waals surface area contributed by atoms with Crippen molar-refractivity contribution in [3.63, 3.8) is 0 Å². The third kappa shape index (κ3) is 4.19. The molecule has 2 N–H and O–H groups in total. The van der Waals surface area contributed by atoms with Crippen LogP contribution in [0.3, 0.4) is 0 Å². The molecular formula is C18H25N3O4S. The van der Waals surface area contributed by atoms with Gasteiger partial charge in [0.05, 0.1) is 18.0 Å². The van der Waals surface area contributed by atoms with Crippen molar-refractivity contribution in [3.05, 3.63) is 23.8 Å². The second-order valence-corrected chi connectivity index (χ2v) is 9.10. The number of nitrogens with one attached hydrogen (secondary N) is 2. The smallest absolute Gasteiger partial charge is 0.240 e. The monoisotopic (exact) mass is 379 g/mol. The Hall–Kier alpha value is -1.64. The number of fused-ring (bicyclic) bond motifs is 1. The van der Waals surface area contributed by atoms with Gasteiger partial charge in [0.2, 0.25) is 15.9 Å². The Balaban J connectivity index is 1.29. The number of hydrogen-bond acceptors (Lipinski definition) is 5. The molecule has 0 bridgehead atoms. The van der Waals surface area contributed by atoms with Crippen molar-refractivity contribution >= 4 is 15.9 Å². The van der Waals surface area contributed by atoms with Crippen LogP contribution in [-0.2, 0) is 21.2 Å². The zero-order valence-electron chi connectivity index (χ0n) is 14.7. The summed E-state index contributed by atoms with van der Waals surface area (Å²) in [5.41, 5.74) is 0.948. The summed E-state index contributed by atoms with van der Waals surface area (Å²) in [6.07, 6.45) is 4.35. The van der Waals surface area contributed by atoms with Gasteiger partial charge in [-0.1, -0.05) is 0 Å². The quantitative estimate of drug-likeness (QED) is 0.758. The Bertz CT molecular complexity index is 784. The molecule has 26 heavy (non-hydrogen) atoms. The van der Waals surface area contributed by atoms with E-state index in [0.29, 0.717) is 36.9 Å². The van der Waals surface area contributed by atoms with E-state index in [4.69, 9.17) is 4.74 Å². The molecule has 4 rings (SSSR count). The fraction of sp³-hybridized carbons (Fsp3) is 0.611. The van der Waals surface area contributed by atoms with Crippen LogP contribution in [0.15, 0.2) is 23.1 Å². The summed E-state index contributed by atoms with van der Waals surface area (Å²) in [6.45, 7) is 2.46. The van der Waals surface area contributed by atoms with Gasteiger partial charge in [-0.25, -0.2) is 13.1 Å². The van der Waals surface area contributed by atoms with Crippen LogP contribution in [0.2, 0.25) is 0 Å². The summed E-state index contributed by atoms with van der Waals surface area (Å²) in [5, 5.41) is 2.99. The highest BCUT2D eigenvalue weighted by Gasteiger charge is 2.28. The highest BCUT2D eigenvalue weighted by atomic mass is 32.2. The Labute approximate surface area is 154 Å². The number of amides is 1. The van der Waals surface area contributed by atoms with Crippen molar-refractivity contribution in [2.24, 2.45) is 0 Å². The lowest BCUT2D eigenvalue weighted by atomic mass is 10.1. The van der Waals surface area contributed by atoms with E-state index < -0.39 is 10.0 Å². The zero-order valence-corrected chi connectivity index (χ0v) is 15.6. The molecule has 1 saturated carbocycles. The molecular weight excluding hydrogens is 354 g/mol. The number of ether oxygens (including phenoxy) is 1. The van der Waals surface area contributed by atoms with Crippen LogP contribution in [-0.4, -0.2) is 57.5 Å². The summed E-state index contributed by atoms with van der Waals surface area (Å²) >= 11 is 0. The molecule has 2 fully saturated rings. The van der Waals surface area contributed by atoms with Crippen LogP contribution in [0.25, 0.3) is 0 Å². The standard InChI is InChI=1S/C18H25N3O4S/c22-18(19-14-1-2-14)12-21-8-5-15(6-9-21)20-26(23,24)16-3-4-17-13(11-16)7-10-25-17/h3-4,11,14-15,20H,1-2,5-10,12H2,(H,19,22). The molecule has 142 valence electrons. The van der Waals surface area contributed by atoms with E-state index in [9.17, 15) is 13.2 Å². The van der Waals surface area contributed by atoms with Crippen LogP contribution >= 0.6 is 0 Å². The molecule has 0 unspecified atom stereocenters. The van der Waals surface area contributed by atoms with Crippen molar-refractivity contribution in [2.45, 2.75) is 49.1 Å². The number of carbonyl (C=O) groups excluding carboxylic acids is 1. The van der Waals surface area contributed by atoms with E-state index in [0.717, 1.165) is 43.7 Å². The highest BCUT2D eigenvalue weighted by Crippen LogP contribution is 2.28. The molecule has 0 atom stereocenters. The van der Waals surface area contributed by atoms with Gasteiger partial charge in [0.1, 0.15) is 5.75 Å². The average Bonchev–Trinajstić information content (AvgIpc) is 3.29. The van der Waals surface area contributed by atoms with E-state index in [2.05, 4.69) is 14.9 Å². The molecule has 3 aliphatic rings. The minimum Gasteiger partial charge on any atom is -0.493 e. The number of carbonyl (C=O) groups is 1. The predicted octanol–water partition coefficient (Wildman–Crippen LogP) is 0.643. The van der Waals surface area contributed by atoms with Crippen molar-refractivity contribution < 1.29 is 17.9 Å². The molecule has 1 aromatic rings. The van der Waals surface area contributed by atoms with Gasteiger partial charge >= 0.3 is 0 Å². The van der Waals surface area contributed by atoms with Crippen LogP contribution in [0.5, 0.6) is 5.75 Å². The number of hydrogen-bond donors (Lipinski definition) is 2. The molecule has 1 aliphatic carbocycles. The van der Waals surface area contributed by atoms with Gasteiger partial charge in [0, 0.05) is 31.6 Å². The van der Waals surface area contributed by atoms with Gasteiger partial charge < -0.3 is 10.1 Å². The van der Waals surface area contributed by atoms with Gasteiger partial charge in [-0.05, 0) is 49.4 Å².